The molecule has 28 heavy (non-hydrogen) atoms. The van der Waals surface area contributed by atoms with Crippen LogP contribution in [0.5, 0.6) is 0 Å². The average Bonchev–Trinajstić information content (AvgIpc) is 2.67. The summed E-state index contributed by atoms with van der Waals surface area (Å²) in [6, 6.07) is 9.55. The lowest BCUT2D eigenvalue weighted by atomic mass is 9.76. The van der Waals surface area contributed by atoms with E-state index in [2.05, 4.69) is 6.58 Å². The van der Waals surface area contributed by atoms with E-state index >= 15 is 0 Å². The SMILES string of the molecule is C=CCc1ccc(C2CCC(CCc3cc(F)c(C#N)c(F)c3)CC2)c(F)c1. The van der Waals surface area contributed by atoms with Crippen molar-refractivity contribution in [1.82, 2.24) is 0 Å². The van der Waals surface area contributed by atoms with E-state index in [4.69, 9.17) is 5.26 Å². The van der Waals surface area contributed by atoms with E-state index in [9.17, 15) is 13.2 Å². The van der Waals surface area contributed by atoms with Gasteiger partial charge in [-0.25, -0.2) is 13.2 Å². The zero-order chi connectivity index (χ0) is 20.1. The minimum atomic E-state index is -0.795. The molecule has 0 radical (unpaired) electrons. The first-order valence-electron chi connectivity index (χ1n) is 9.79. The maximum atomic E-state index is 14.4. The lowest BCUT2D eigenvalue weighted by Crippen LogP contribution is -2.15. The van der Waals surface area contributed by atoms with Crippen LogP contribution < -0.4 is 0 Å². The predicted molar refractivity (Wildman–Crippen MR) is 104 cm³/mol. The number of benzene rings is 2. The molecule has 0 saturated heterocycles. The van der Waals surface area contributed by atoms with Crippen molar-refractivity contribution in [2.75, 3.05) is 0 Å². The Morgan fingerprint density at radius 3 is 2.18 bits per heavy atom. The molecule has 1 fully saturated rings. The van der Waals surface area contributed by atoms with Crippen LogP contribution in [0.2, 0.25) is 0 Å². The predicted octanol–water partition coefficient (Wildman–Crippen LogP) is 6.61. The standard InChI is InChI=1S/C24H24F3N/c1-2-3-17-8-11-20(22(25)12-17)19-9-6-16(7-10-19)4-5-18-13-23(26)21(15-28)24(27)14-18/h2,8,11-14,16,19H,1,3-7,9-10H2. The van der Waals surface area contributed by atoms with Gasteiger partial charge in [-0.05, 0) is 91.7 Å². The maximum Gasteiger partial charge on any atom is 0.144 e. The zero-order valence-corrected chi connectivity index (χ0v) is 15.9. The van der Waals surface area contributed by atoms with Crippen molar-refractivity contribution in [3.8, 4) is 6.07 Å². The molecule has 146 valence electrons. The van der Waals surface area contributed by atoms with E-state index in [0.717, 1.165) is 43.2 Å². The minimum Gasteiger partial charge on any atom is -0.207 e. The molecule has 0 aliphatic heterocycles. The summed E-state index contributed by atoms with van der Waals surface area (Å²) in [4.78, 5) is 0. The second-order valence-corrected chi connectivity index (χ2v) is 7.65. The summed E-state index contributed by atoms with van der Waals surface area (Å²) in [5.74, 6) is -1.01. The highest BCUT2D eigenvalue weighted by Gasteiger charge is 2.24. The van der Waals surface area contributed by atoms with Crippen LogP contribution in [0.1, 0.15) is 60.3 Å². The average molecular weight is 383 g/mol. The molecule has 1 aliphatic carbocycles. The fraction of sp³-hybridized carbons (Fsp3) is 0.375. The lowest BCUT2D eigenvalue weighted by molar-refractivity contribution is 0.306. The van der Waals surface area contributed by atoms with Crippen LogP contribution in [-0.4, -0.2) is 0 Å². The van der Waals surface area contributed by atoms with Crippen molar-refractivity contribution >= 4 is 0 Å². The van der Waals surface area contributed by atoms with Gasteiger partial charge in [0.15, 0.2) is 0 Å². The molecule has 4 heteroatoms. The molecule has 2 aromatic carbocycles. The summed E-state index contributed by atoms with van der Waals surface area (Å²) >= 11 is 0. The van der Waals surface area contributed by atoms with Gasteiger partial charge in [-0.2, -0.15) is 5.26 Å². The monoisotopic (exact) mass is 383 g/mol. The van der Waals surface area contributed by atoms with Gasteiger partial charge < -0.3 is 0 Å². The number of halogens is 3. The highest BCUT2D eigenvalue weighted by atomic mass is 19.1. The van der Waals surface area contributed by atoms with E-state index in [1.165, 1.54) is 12.1 Å². The van der Waals surface area contributed by atoms with Gasteiger partial charge in [0.05, 0.1) is 0 Å². The van der Waals surface area contributed by atoms with Crippen molar-refractivity contribution in [1.29, 1.82) is 5.26 Å². The Balaban J connectivity index is 1.55. The number of rotatable bonds is 6. The Bertz CT molecular complexity index is 866. The van der Waals surface area contributed by atoms with E-state index in [1.807, 2.05) is 12.1 Å². The first kappa shape index (κ1) is 20.2. The summed E-state index contributed by atoms with van der Waals surface area (Å²) in [5, 5.41) is 8.74. The smallest absolute Gasteiger partial charge is 0.144 e. The first-order chi connectivity index (χ1) is 13.5. The Morgan fingerprint density at radius 1 is 0.964 bits per heavy atom. The molecular weight excluding hydrogens is 359 g/mol. The zero-order valence-electron chi connectivity index (χ0n) is 15.9. The number of aryl methyl sites for hydroxylation is 1. The number of nitriles is 1. The third-order valence-electron chi connectivity index (χ3n) is 5.79. The fourth-order valence-corrected chi connectivity index (χ4v) is 4.21. The summed E-state index contributed by atoms with van der Waals surface area (Å²) < 4.78 is 41.9. The molecule has 0 aromatic heterocycles. The van der Waals surface area contributed by atoms with Crippen molar-refractivity contribution in [3.63, 3.8) is 0 Å². The number of hydrogen-bond acceptors (Lipinski definition) is 1. The number of allylic oxidation sites excluding steroid dienone is 1. The molecule has 1 aliphatic rings. The first-order valence-corrected chi connectivity index (χ1v) is 9.79. The summed E-state index contributed by atoms with van der Waals surface area (Å²) in [5.41, 5.74) is 1.79. The van der Waals surface area contributed by atoms with Crippen LogP contribution in [0.15, 0.2) is 43.0 Å². The van der Waals surface area contributed by atoms with Crippen LogP contribution in [0.3, 0.4) is 0 Å². The van der Waals surface area contributed by atoms with E-state index < -0.39 is 17.2 Å². The molecule has 0 atom stereocenters. The summed E-state index contributed by atoms with van der Waals surface area (Å²) in [6.07, 6.45) is 7.69. The molecule has 2 aromatic rings. The third-order valence-corrected chi connectivity index (χ3v) is 5.79. The maximum absolute atomic E-state index is 14.4. The van der Waals surface area contributed by atoms with E-state index in [0.29, 0.717) is 24.3 Å². The van der Waals surface area contributed by atoms with Gasteiger partial charge in [0, 0.05) is 0 Å². The molecule has 0 spiro atoms. The number of hydrogen-bond donors (Lipinski definition) is 0. The van der Waals surface area contributed by atoms with E-state index in [1.54, 1.807) is 18.2 Å². The van der Waals surface area contributed by atoms with Gasteiger partial charge >= 0.3 is 0 Å². The van der Waals surface area contributed by atoms with E-state index in [-0.39, 0.29) is 11.7 Å². The summed E-state index contributed by atoms with van der Waals surface area (Å²) in [7, 11) is 0. The summed E-state index contributed by atoms with van der Waals surface area (Å²) in [6.45, 7) is 3.69. The minimum absolute atomic E-state index is 0.133. The van der Waals surface area contributed by atoms with Gasteiger partial charge in [0.1, 0.15) is 29.1 Å². The third kappa shape index (κ3) is 4.65. The van der Waals surface area contributed by atoms with Crippen molar-refractivity contribution in [2.45, 2.75) is 50.9 Å². The second kappa shape index (κ2) is 9.10. The Kier molecular flexibility index (Phi) is 6.57. The Morgan fingerprint density at radius 2 is 1.61 bits per heavy atom. The quantitative estimate of drug-likeness (QED) is 0.515. The fourth-order valence-electron chi connectivity index (χ4n) is 4.21. The van der Waals surface area contributed by atoms with Gasteiger partial charge in [-0.1, -0.05) is 18.2 Å². The van der Waals surface area contributed by atoms with Crippen molar-refractivity contribution in [2.24, 2.45) is 5.92 Å². The lowest BCUT2D eigenvalue weighted by Gasteiger charge is -2.29. The van der Waals surface area contributed by atoms with Gasteiger partial charge in [-0.15, -0.1) is 6.58 Å². The van der Waals surface area contributed by atoms with Crippen LogP contribution in [0, 0.1) is 34.7 Å². The Labute approximate surface area is 164 Å². The second-order valence-electron chi connectivity index (χ2n) is 7.65. The molecule has 0 heterocycles. The normalized spacial score (nSPS) is 19.2. The molecule has 1 saturated carbocycles. The Hall–Kier alpha value is -2.54. The number of nitrogens with zero attached hydrogens (tertiary/aromatic N) is 1. The molecule has 0 N–H and O–H groups in total. The largest absolute Gasteiger partial charge is 0.207 e. The molecule has 3 rings (SSSR count). The highest BCUT2D eigenvalue weighted by molar-refractivity contribution is 5.35. The van der Waals surface area contributed by atoms with Gasteiger partial charge in [0.2, 0.25) is 0 Å². The van der Waals surface area contributed by atoms with Crippen LogP contribution in [-0.2, 0) is 12.8 Å². The van der Waals surface area contributed by atoms with Crippen LogP contribution in [0.25, 0.3) is 0 Å². The van der Waals surface area contributed by atoms with Crippen molar-refractivity contribution < 1.29 is 13.2 Å². The van der Waals surface area contributed by atoms with Gasteiger partial charge in [-0.3, -0.25) is 0 Å². The van der Waals surface area contributed by atoms with Crippen molar-refractivity contribution in [3.05, 3.63) is 82.7 Å². The molecule has 0 unspecified atom stereocenters. The molecule has 1 nitrogen and oxygen atoms in total. The van der Waals surface area contributed by atoms with Crippen LogP contribution >= 0.6 is 0 Å². The van der Waals surface area contributed by atoms with Gasteiger partial charge in [0.25, 0.3) is 0 Å². The molecular formula is C24H24F3N. The highest BCUT2D eigenvalue weighted by Crippen LogP contribution is 2.38. The molecule has 0 bridgehead atoms. The molecule has 0 amide bonds. The topological polar surface area (TPSA) is 23.8 Å². The van der Waals surface area contributed by atoms with Crippen LogP contribution in [0.4, 0.5) is 13.2 Å².